The van der Waals surface area contributed by atoms with Crippen molar-refractivity contribution in [2.24, 2.45) is 0 Å². The molecule has 0 bridgehead atoms. The van der Waals surface area contributed by atoms with Crippen LogP contribution in [0.15, 0.2) is 48.5 Å². The van der Waals surface area contributed by atoms with Crippen molar-refractivity contribution in [3.63, 3.8) is 0 Å². The fourth-order valence-electron chi connectivity index (χ4n) is 2.30. The van der Waals surface area contributed by atoms with E-state index in [9.17, 15) is 0 Å². The Labute approximate surface area is 145 Å². The zero-order valence-corrected chi connectivity index (χ0v) is 15.4. The predicted molar refractivity (Wildman–Crippen MR) is 106 cm³/mol. The SMILES string of the molecule is CC(C)c1ccc(NC(=S)Nc2ccc(C(C)(C)C)cc2)cc1. The van der Waals surface area contributed by atoms with Gasteiger partial charge in [0.25, 0.3) is 0 Å². The summed E-state index contributed by atoms with van der Waals surface area (Å²) in [5.74, 6) is 0.537. The first kappa shape index (κ1) is 17.5. The molecule has 0 fully saturated rings. The summed E-state index contributed by atoms with van der Waals surface area (Å²) in [6, 6.07) is 16.8. The maximum Gasteiger partial charge on any atom is 0.175 e. The molecule has 0 radical (unpaired) electrons. The van der Waals surface area contributed by atoms with E-state index in [1.807, 2.05) is 0 Å². The second-order valence-electron chi connectivity index (χ2n) is 7.18. The van der Waals surface area contributed by atoms with E-state index in [2.05, 4.69) is 93.8 Å². The van der Waals surface area contributed by atoms with Crippen molar-refractivity contribution in [3.05, 3.63) is 59.7 Å². The highest BCUT2D eigenvalue weighted by Crippen LogP contribution is 2.23. The Morgan fingerprint density at radius 1 is 0.826 bits per heavy atom. The predicted octanol–water partition coefficient (Wildman–Crippen LogP) is 5.92. The molecule has 0 aliphatic rings. The molecule has 0 spiro atoms. The molecule has 0 heterocycles. The van der Waals surface area contributed by atoms with E-state index in [-0.39, 0.29) is 5.41 Å². The zero-order chi connectivity index (χ0) is 17.0. The smallest absolute Gasteiger partial charge is 0.175 e. The monoisotopic (exact) mass is 326 g/mol. The summed E-state index contributed by atoms with van der Waals surface area (Å²) in [4.78, 5) is 0. The van der Waals surface area contributed by atoms with Crippen LogP contribution in [0.2, 0.25) is 0 Å². The summed E-state index contributed by atoms with van der Waals surface area (Å²) in [6.07, 6.45) is 0. The molecule has 0 saturated heterocycles. The fraction of sp³-hybridized carbons (Fsp3) is 0.350. The molecule has 3 heteroatoms. The molecule has 0 aromatic heterocycles. The lowest BCUT2D eigenvalue weighted by Gasteiger charge is -2.19. The van der Waals surface area contributed by atoms with E-state index in [1.165, 1.54) is 11.1 Å². The number of nitrogens with one attached hydrogen (secondary N) is 2. The van der Waals surface area contributed by atoms with E-state index < -0.39 is 0 Å². The van der Waals surface area contributed by atoms with Gasteiger partial charge < -0.3 is 10.6 Å². The van der Waals surface area contributed by atoms with Crippen LogP contribution in [0.5, 0.6) is 0 Å². The molecule has 0 unspecified atom stereocenters. The van der Waals surface area contributed by atoms with Crippen LogP contribution < -0.4 is 10.6 Å². The van der Waals surface area contributed by atoms with E-state index in [0.717, 1.165) is 11.4 Å². The first-order chi connectivity index (χ1) is 10.8. The average molecular weight is 327 g/mol. The van der Waals surface area contributed by atoms with E-state index in [0.29, 0.717) is 11.0 Å². The molecule has 0 aliphatic carbocycles. The van der Waals surface area contributed by atoms with Gasteiger partial charge in [-0.25, -0.2) is 0 Å². The highest BCUT2D eigenvalue weighted by atomic mass is 32.1. The van der Waals surface area contributed by atoms with Crippen molar-refractivity contribution < 1.29 is 0 Å². The summed E-state index contributed by atoms with van der Waals surface area (Å²) in [6.45, 7) is 11.0. The van der Waals surface area contributed by atoms with Gasteiger partial charge in [0.15, 0.2) is 5.11 Å². The van der Waals surface area contributed by atoms with Gasteiger partial charge in [-0.3, -0.25) is 0 Å². The highest BCUT2D eigenvalue weighted by molar-refractivity contribution is 7.80. The van der Waals surface area contributed by atoms with Gasteiger partial charge >= 0.3 is 0 Å². The normalized spacial score (nSPS) is 11.4. The van der Waals surface area contributed by atoms with Crippen LogP contribution in [-0.4, -0.2) is 5.11 Å². The molecule has 2 aromatic carbocycles. The minimum atomic E-state index is 0.162. The van der Waals surface area contributed by atoms with Crippen LogP contribution in [0.1, 0.15) is 51.7 Å². The van der Waals surface area contributed by atoms with Gasteiger partial charge in [-0.2, -0.15) is 0 Å². The number of hydrogen-bond donors (Lipinski definition) is 2. The number of anilines is 2. The van der Waals surface area contributed by atoms with Gasteiger partial charge in [-0.15, -0.1) is 0 Å². The highest BCUT2D eigenvalue weighted by Gasteiger charge is 2.12. The summed E-state index contributed by atoms with van der Waals surface area (Å²) < 4.78 is 0. The van der Waals surface area contributed by atoms with Crippen molar-refractivity contribution in [1.82, 2.24) is 0 Å². The minimum absolute atomic E-state index is 0.162. The van der Waals surface area contributed by atoms with Crippen molar-refractivity contribution in [1.29, 1.82) is 0 Å². The van der Waals surface area contributed by atoms with Crippen LogP contribution >= 0.6 is 12.2 Å². The summed E-state index contributed by atoms with van der Waals surface area (Å²) in [5.41, 5.74) is 4.79. The molecule has 0 saturated carbocycles. The second kappa shape index (κ2) is 7.14. The molecular weight excluding hydrogens is 300 g/mol. The largest absolute Gasteiger partial charge is 0.332 e. The van der Waals surface area contributed by atoms with E-state index in [4.69, 9.17) is 12.2 Å². The van der Waals surface area contributed by atoms with Crippen molar-refractivity contribution in [2.75, 3.05) is 10.6 Å². The van der Waals surface area contributed by atoms with E-state index in [1.54, 1.807) is 0 Å². The Bertz CT molecular complexity index is 650. The maximum atomic E-state index is 5.39. The first-order valence-corrected chi connectivity index (χ1v) is 8.45. The number of rotatable bonds is 3. The molecule has 0 aliphatic heterocycles. The number of thiocarbonyl (C=S) groups is 1. The van der Waals surface area contributed by atoms with Gasteiger partial charge in [0.05, 0.1) is 0 Å². The Morgan fingerprint density at radius 3 is 1.65 bits per heavy atom. The molecule has 2 nitrogen and oxygen atoms in total. The van der Waals surface area contributed by atoms with Gasteiger partial charge in [0.2, 0.25) is 0 Å². The average Bonchev–Trinajstić information content (AvgIpc) is 2.47. The molecule has 0 atom stereocenters. The standard InChI is InChI=1S/C20H26N2S/c1-14(2)15-6-10-17(11-7-15)21-19(23)22-18-12-8-16(9-13-18)20(3,4)5/h6-14H,1-5H3,(H2,21,22,23). The molecule has 2 rings (SSSR count). The van der Waals surface area contributed by atoms with Crippen LogP contribution in [-0.2, 0) is 5.41 Å². The number of benzene rings is 2. The summed E-state index contributed by atoms with van der Waals surface area (Å²) >= 11 is 5.39. The Kier molecular flexibility index (Phi) is 5.42. The lowest BCUT2D eigenvalue weighted by molar-refractivity contribution is 0.590. The van der Waals surface area contributed by atoms with Crippen molar-refractivity contribution in [2.45, 2.75) is 46.0 Å². The Morgan fingerprint density at radius 2 is 1.26 bits per heavy atom. The van der Waals surface area contributed by atoms with Crippen LogP contribution in [0.25, 0.3) is 0 Å². The molecule has 0 amide bonds. The van der Waals surface area contributed by atoms with Crippen LogP contribution in [0.4, 0.5) is 11.4 Å². The minimum Gasteiger partial charge on any atom is -0.332 e. The third-order valence-corrected chi connectivity index (χ3v) is 4.05. The summed E-state index contributed by atoms with van der Waals surface area (Å²) in [5, 5.41) is 7.05. The topological polar surface area (TPSA) is 24.1 Å². The Balaban J connectivity index is 1.96. The lowest BCUT2D eigenvalue weighted by Crippen LogP contribution is -2.19. The van der Waals surface area contributed by atoms with E-state index >= 15 is 0 Å². The first-order valence-electron chi connectivity index (χ1n) is 8.04. The molecule has 122 valence electrons. The number of hydrogen-bond acceptors (Lipinski definition) is 1. The maximum absolute atomic E-state index is 5.39. The quantitative estimate of drug-likeness (QED) is 0.685. The van der Waals surface area contributed by atoms with Crippen LogP contribution in [0, 0.1) is 0 Å². The third-order valence-electron chi connectivity index (χ3n) is 3.84. The zero-order valence-electron chi connectivity index (χ0n) is 14.6. The second-order valence-corrected chi connectivity index (χ2v) is 7.59. The third kappa shape index (κ3) is 5.07. The molecule has 23 heavy (non-hydrogen) atoms. The van der Waals surface area contributed by atoms with Gasteiger partial charge in [0.1, 0.15) is 0 Å². The lowest BCUT2D eigenvalue weighted by atomic mass is 9.87. The summed E-state index contributed by atoms with van der Waals surface area (Å²) in [7, 11) is 0. The van der Waals surface area contributed by atoms with Gasteiger partial charge in [-0.1, -0.05) is 58.9 Å². The van der Waals surface area contributed by atoms with Crippen molar-refractivity contribution >= 4 is 28.7 Å². The molecule has 2 N–H and O–H groups in total. The molecule has 2 aromatic rings. The fourth-order valence-corrected chi connectivity index (χ4v) is 2.53. The van der Waals surface area contributed by atoms with Crippen molar-refractivity contribution in [3.8, 4) is 0 Å². The van der Waals surface area contributed by atoms with Gasteiger partial charge in [0, 0.05) is 11.4 Å². The molecular formula is C20H26N2S. The van der Waals surface area contributed by atoms with Crippen LogP contribution in [0.3, 0.4) is 0 Å². The van der Waals surface area contributed by atoms with Gasteiger partial charge in [-0.05, 0) is 58.9 Å². The Hall–Kier alpha value is -1.87.